The summed E-state index contributed by atoms with van der Waals surface area (Å²) >= 11 is 0. The average molecular weight is 356 g/mol. The van der Waals surface area contributed by atoms with Crippen molar-refractivity contribution in [3.8, 4) is 5.88 Å². The van der Waals surface area contributed by atoms with E-state index in [1.807, 2.05) is 30.3 Å². The number of methoxy groups -OCH3 is 1. The molecule has 0 spiro atoms. The first-order chi connectivity index (χ1) is 12.7. The highest BCUT2D eigenvalue weighted by molar-refractivity contribution is 5.79. The second-order valence-electron chi connectivity index (χ2n) is 6.12. The van der Waals surface area contributed by atoms with E-state index in [2.05, 4.69) is 39.7 Å². The number of benzene rings is 1. The molecule has 1 aromatic heterocycles. The molecule has 6 nitrogen and oxygen atoms in total. The number of rotatable bonds is 9. The van der Waals surface area contributed by atoms with Gasteiger partial charge in [0.2, 0.25) is 5.88 Å². The minimum atomic E-state index is 0.375. The maximum Gasteiger partial charge on any atom is 0.212 e. The molecule has 140 valence electrons. The van der Waals surface area contributed by atoms with E-state index in [1.165, 1.54) is 5.56 Å². The topological polar surface area (TPSA) is 67.8 Å². The number of nitrogens with zero attached hydrogens (tertiary/aromatic N) is 2. The minimum Gasteiger partial charge on any atom is -0.481 e. The lowest BCUT2D eigenvalue weighted by molar-refractivity contribution is 0.0931. The van der Waals surface area contributed by atoms with Gasteiger partial charge in [0.1, 0.15) is 0 Å². The van der Waals surface area contributed by atoms with Gasteiger partial charge in [0, 0.05) is 32.4 Å². The number of aromatic nitrogens is 1. The predicted octanol–water partition coefficient (Wildman–Crippen LogP) is 2.61. The van der Waals surface area contributed by atoms with E-state index in [9.17, 15) is 0 Å². The SMILES string of the molecule is CN=C(NCc1ccc(OC)nc1)NCC(C)COCc1ccccc1. The van der Waals surface area contributed by atoms with Gasteiger partial charge < -0.3 is 20.1 Å². The van der Waals surface area contributed by atoms with Crippen LogP contribution in [0.5, 0.6) is 5.88 Å². The highest BCUT2D eigenvalue weighted by Crippen LogP contribution is 2.06. The normalized spacial score (nSPS) is 12.5. The van der Waals surface area contributed by atoms with Crippen LogP contribution in [0.2, 0.25) is 0 Å². The van der Waals surface area contributed by atoms with Crippen LogP contribution in [-0.2, 0) is 17.9 Å². The first-order valence-electron chi connectivity index (χ1n) is 8.76. The summed E-state index contributed by atoms with van der Waals surface area (Å²) in [6.45, 7) is 4.92. The third-order valence-corrected chi connectivity index (χ3v) is 3.82. The van der Waals surface area contributed by atoms with Crippen molar-refractivity contribution in [2.45, 2.75) is 20.1 Å². The highest BCUT2D eigenvalue weighted by atomic mass is 16.5. The van der Waals surface area contributed by atoms with Gasteiger partial charge in [-0.1, -0.05) is 43.3 Å². The van der Waals surface area contributed by atoms with Crippen molar-refractivity contribution in [2.24, 2.45) is 10.9 Å². The van der Waals surface area contributed by atoms with E-state index in [0.717, 1.165) is 18.1 Å². The van der Waals surface area contributed by atoms with E-state index >= 15 is 0 Å². The Balaban J connectivity index is 1.65. The molecule has 6 heteroatoms. The smallest absolute Gasteiger partial charge is 0.212 e. The number of hydrogen-bond acceptors (Lipinski definition) is 4. The molecular weight excluding hydrogens is 328 g/mol. The van der Waals surface area contributed by atoms with E-state index in [4.69, 9.17) is 9.47 Å². The van der Waals surface area contributed by atoms with Gasteiger partial charge in [0.15, 0.2) is 5.96 Å². The largest absolute Gasteiger partial charge is 0.481 e. The Morgan fingerprint density at radius 3 is 2.58 bits per heavy atom. The zero-order chi connectivity index (χ0) is 18.6. The molecule has 26 heavy (non-hydrogen) atoms. The summed E-state index contributed by atoms with van der Waals surface area (Å²) in [5.74, 6) is 1.75. The molecule has 1 atom stereocenters. The number of guanidine groups is 1. The molecule has 2 N–H and O–H groups in total. The standard InChI is InChI=1S/C20H28N4O2/c1-16(14-26-15-17-7-5-4-6-8-17)11-23-20(21-2)24-13-18-9-10-19(25-3)22-12-18/h4-10,12,16H,11,13-15H2,1-3H3,(H2,21,23,24). The number of nitrogens with one attached hydrogen (secondary N) is 2. The van der Waals surface area contributed by atoms with Gasteiger partial charge >= 0.3 is 0 Å². The Morgan fingerprint density at radius 1 is 1.12 bits per heavy atom. The molecule has 1 unspecified atom stereocenters. The fourth-order valence-electron chi connectivity index (χ4n) is 2.32. The molecule has 0 bridgehead atoms. The molecule has 0 aliphatic carbocycles. The molecule has 0 saturated heterocycles. The zero-order valence-corrected chi connectivity index (χ0v) is 15.7. The van der Waals surface area contributed by atoms with E-state index < -0.39 is 0 Å². The number of aliphatic imine (C=N–C) groups is 1. The van der Waals surface area contributed by atoms with Gasteiger partial charge in [-0.05, 0) is 17.0 Å². The molecule has 0 aliphatic heterocycles. The summed E-state index contributed by atoms with van der Waals surface area (Å²) in [5.41, 5.74) is 2.26. The Bertz CT molecular complexity index is 659. The van der Waals surface area contributed by atoms with Gasteiger partial charge in [-0.25, -0.2) is 4.98 Å². The van der Waals surface area contributed by atoms with E-state index in [-0.39, 0.29) is 0 Å². The molecule has 0 amide bonds. The lowest BCUT2D eigenvalue weighted by Gasteiger charge is -2.16. The number of hydrogen-bond donors (Lipinski definition) is 2. The Labute approximate surface area is 155 Å². The van der Waals surface area contributed by atoms with Crippen LogP contribution >= 0.6 is 0 Å². The van der Waals surface area contributed by atoms with Crippen LogP contribution < -0.4 is 15.4 Å². The Hall–Kier alpha value is -2.60. The molecular formula is C20H28N4O2. The summed E-state index contributed by atoms with van der Waals surface area (Å²) in [4.78, 5) is 8.44. The van der Waals surface area contributed by atoms with Crippen molar-refractivity contribution in [1.82, 2.24) is 15.6 Å². The second-order valence-corrected chi connectivity index (χ2v) is 6.12. The maximum atomic E-state index is 5.78. The van der Waals surface area contributed by atoms with Gasteiger partial charge in [-0.3, -0.25) is 4.99 Å². The number of ether oxygens (including phenoxy) is 2. The molecule has 1 aromatic carbocycles. The Kier molecular flexibility index (Phi) is 8.42. The van der Waals surface area contributed by atoms with Crippen molar-refractivity contribution in [3.05, 3.63) is 59.8 Å². The van der Waals surface area contributed by atoms with Crippen LogP contribution in [0.3, 0.4) is 0 Å². The third kappa shape index (κ3) is 7.11. The quantitative estimate of drug-likeness (QED) is 0.534. The third-order valence-electron chi connectivity index (χ3n) is 3.82. The molecule has 0 saturated carbocycles. The second kappa shape index (κ2) is 11.1. The van der Waals surface area contributed by atoms with Gasteiger partial charge in [0.05, 0.1) is 20.3 Å². The maximum absolute atomic E-state index is 5.78. The average Bonchev–Trinajstić information content (AvgIpc) is 2.69. The van der Waals surface area contributed by atoms with Crippen LogP contribution in [0, 0.1) is 5.92 Å². The summed E-state index contributed by atoms with van der Waals surface area (Å²) < 4.78 is 10.8. The van der Waals surface area contributed by atoms with E-state index in [1.54, 1.807) is 20.4 Å². The van der Waals surface area contributed by atoms with Crippen LogP contribution in [0.4, 0.5) is 0 Å². The van der Waals surface area contributed by atoms with Crippen LogP contribution in [0.15, 0.2) is 53.7 Å². The molecule has 2 aromatic rings. The van der Waals surface area contributed by atoms with E-state index in [0.29, 0.717) is 31.6 Å². The van der Waals surface area contributed by atoms with Gasteiger partial charge in [-0.15, -0.1) is 0 Å². The minimum absolute atomic E-state index is 0.375. The molecule has 0 aliphatic rings. The van der Waals surface area contributed by atoms with Crippen LogP contribution in [0.25, 0.3) is 0 Å². The summed E-state index contributed by atoms with van der Waals surface area (Å²) in [6.07, 6.45) is 1.79. The van der Waals surface area contributed by atoms with Crippen molar-refractivity contribution in [3.63, 3.8) is 0 Å². The van der Waals surface area contributed by atoms with Gasteiger partial charge in [0.25, 0.3) is 0 Å². The van der Waals surface area contributed by atoms with Crippen LogP contribution in [0.1, 0.15) is 18.1 Å². The first kappa shape index (κ1) is 19.7. The molecule has 1 heterocycles. The van der Waals surface area contributed by atoms with Crippen molar-refractivity contribution in [1.29, 1.82) is 0 Å². The lowest BCUT2D eigenvalue weighted by Crippen LogP contribution is -2.39. The van der Waals surface area contributed by atoms with Gasteiger partial charge in [-0.2, -0.15) is 0 Å². The highest BCUT2D eigenvalue weighted by Gasteiger charge is 2.05. The van der Waals surface area contributed by atoms with Crippen molar-refractivity contribution in [2.75, 3.05) is 27.3 Å². The number of pyridine rings is 1. The summed E-state index contributed by atoms with van der Waals surface area (Å²) in [5, 5.41) is 6.60. The molecule has 0 radical (unpaired) electrons. The summed E-state index contributed by atoms with van der Waals surface area (Å²) in [7, 11) is 3.37. The monoisotopic (exact) mass is 356 g/mol. The fraction of sp³-hybridized carbons (Fsp3) is 0.400. The van der Waals surface area contributed by atoms with Crippen molar-refractivity contribution < 1.29 is 9.47 Å². The first-order valence-corrected chi connectivity index (χ1v) is 8.76. The lowest BCUT2D eigenvalue weighted by atomic mass is 10.2. The predicted molar refractivity (Wildman–Crippen MR) is 104 cm³/mol. The zero-order valence-electron chi connectivity index (χ0n) is 15.7. The van der Waals surface area contributed by atoms with Crippen molar-refractivity contribution >= 4 is 5.96 Å². The fourth-order valence-corrected chi connectivity index (χ4v) is 2.32. The molecule has 0 fully saturated rings. The Morgan fingerprint density at radius 2 is 1.92 bits per heavy atom. The van der Waals surface area contributed by atoms with Crippen LogP contribution in [-0.4, -0.2) is 38.3 Å². The molecule has 2 rings (SSSR count). The summed E-state index contributed by atoms with van der Waals surface area (Å²) in [6, 6.07) is 14.0.